The molecule has 6 heteroatoms. The standard InChI is InChI=1S/C14H20N2O2S.ClH/c1-18-13-4-2-11(3-5-13)9-16-14(17)8-12-10-19-7-6-15-12;/h2-5,12,15H,6-10H2,1H3,(H,16,17);1H. The van der Waals surface area contributed by atoms with Gasteiger partial charge in [-0.15, -0.1) is 12.4 Å². The van der Waals surface area contributed by atoms with Gasteiger partial charge in [-0.3, -0.25) is 4.79 Å². The Hall–Kier alpha value is -0.910. The summed E-state index contributed by atoms with van der Waals surface area (Å²) in [6.45, 7) is 1.57. The smallest absolute Gasteiger partial charge is 0.221 e. The quantitative estimate of drug-likeness (QED) is 0.870. The molecule has 0 bridgehead atoms. The number of amides is 1. The van der Waals surface area contributed by atoms with Crippen LogP contribution in [0.1, 0.15) is 12.0 Å². The van der Waals surface area contributed by atoms with Crippen molar-refractivity contribution in [3.63, 3.8) is 0 Å². The molecule has 1 amide bonds. The molecule has 1 aliphatic heterocycles. The van der Waals surface area contributed by atoms with E-state index in [9.17, 15) is 4.79 Å². The first-order chi connectivity index (χ1) is 9.28. The van der Waals surface area contributed by atoms with Crippen LogP contribution in [0.4, 0.5) is 0 Å². The zero-order valence-electron chi connectivity index (χ0n) is 11.6. The fourth-order valence-corrected chi connectivity index (χ4v) is 2.94. The highest BCUT2D eigenvalue weighted by Gasteiger charge is 2.16. The molecule has 1 aromatic carbocycles. The van der Waals surface area contributed by atoms with Crippen LogP contribution in [0.2, 0.25) is 0 Å². The molecule has 0 saturated carbocycles. The minimum absolute atomic E-state index is 0. The summed E-state index contributed by atoms with van der Waals surface area (Å²) in [6.07, 6.45) is 0.559. The molecule has 2 rings (SSSR count). The number of hydrogen-bond donors (Lipinski definition) is 2. The second-order valence-corrected chi connectivity index (χ2v) is 5.70. The molecule has 0 aromatic heterocycles. The molecule has 2 N–H and O–H groups in total. The molecule has 1 fully saturated rings. The Bertz CT molecular complexity index is 408. The number of hydrogen-bond acceptors (Lipinski definition) is 4. The number of nitrogens with one attached hydrogen (secondary N) is 2. The molecule has 1 unspecified atom stereocenters. The molecule has 0 radical (unpaired) electrons. The number of carbonyl (C=O) groups is 1. The molecule has 0 spiro atoms. The molecule has 1 heterocycles. The van der Waals surface area contributed by atoms with Gasteiger partial charge in [0.05, 0.1) is 7.11 Å². The predicted molar refractivity (Wildman–Crippen MR) is 85.8 cm³/mol. The van der Waals surface area contributed by atoms with Crippen LogP contribution in [-0.4, -0.2) is 37.1 Å². The van der Waals surface area contributed by atoms with Crippen molar-refractivity contribution in [2.45, 2.75) is 19.0 Å². The Morgan fingerprint density at radius 1 is 1.45 bits per heavy atom. The number of methoxy groups -OCH3 is 1. The second kappa shape index (κ2) is 9.10. The molecular formula is C14H21ClN2O2S. The molecule has 1 saturated heterocycles. The van der Waals surface area contributed by atoms with Gasteiger partial charge < -0.3 is 15.4 Å². The van der Waals surface area contributed by atoms with Crippen LogP contribution >= 0.6 is 24.2 Å². The van der Waals surface area contributed by atoms with E-state index < -0.39 is 0 Å². The molecule has 1 aliphatic rings. The first-order valence-electron chi connectivity index (χ1n) is 6.48. The average molecular weight is 317 g/mol. The van der Waals surface area contributed by atoms with Crippen LogP contribution in [0.5, 0.6) is 5.75 Å². The highest BCUT2D eigenvalue weighted by atomic mass is 35.5. The van der Waals surface area contributed by atoms with Gasteiger partial charge in [0.1, 0.15) is 5.75 Å². The van der Waals surface area contributed by atoms with E-state index in [1.165, 1.54) is 0 Å². The topological polar surface area (TPSA) is 50.4 Å². The van der Waals surface area contributed by atoms with Crippen molar-refractivity contribution in [3.8, 4) is 5.75 Å². The zero-order valence-corrected chi connectivity index (χ0v) is 13.2. The van der Waals surface area contributed by atoms with Crippen molar-refractivity contribution in [3.05, 3.63) is 29.8 Å². The number of ether oxygens (including phenoxy) is 1. The summed E-state index contributed by atoms with van der Waals surface area (Å²) in [5.74, 6) is 3.11. The van der Waals surface area contributed by atoms with Crippen molar-refractivity contribution in [1.82, 2.24) is 10.6 Å². The highest BCUT2D eigenvalue weighted by molar-refractivity contribution is 7.99. The maximum atomic E-state index is 11.8. The van der Waals surface area contributed by atoms with E-state index in [4.69, 9.17) is 4.74 Å². The molecule has 0 aliphatic carbocycles. The van der Waals surface area contributed by atoms with Gasteiger partial charge in [0.15, 0.2) is 0 Å². The number of carbonyl (C=O) groups excluding carboxylic acids is 1. The summed E-state index contributed by atoms with van der Waals surface area (Å²) in [6, 6.07) is 8.05. The number of rotatable bonds is 5. The summed E-state index contributed by atoms with van der Waals surface area (Å²) in [5, 5.41) is 6.32. The fraction of sp³-hybridized carbons (Fsp3) is 0.500. The van der Waals surface area contributed by atoms with Crippen molar-refractivity contribution in [2.24, 2.45) is 0 Å². The lowest BCUT2D eigenvalue weighted by Crippen LogP contribution is -2.41. The summed E-state index contributed by atoms with van der Waals surface area (Å²) >= 11 is 1.91. The summed E-state index contributed by atoms with van der Waals surface area (Å²) in [4.78, 5) is 11.8. The van der Waals surface area contributed by atoms with Gasteiger partial charge in [0.2, 0.25) is 5.91 Å². The van der Waals surface area contributed by atoms with Crippen LogP contribution in [0.15, 0.2) is 24.3 Å². The lowest BCUT2D eigenvalue weighted by atomic mass is 10.2. The lowest BCUT2D eigenvalue weighted by molar-refractivity contribution is -0.121. The lowest BCUT2D eigenvalue weighted by Gasteiger charge is -2.22. The van der Waals surface area contributed by atoms with Gasteiger partial charge in [-0.25, -0.2) is 0 Å². The van der Waals surface area contributed by atoms with Gasteiger partial charge in [-0.2, -0.15) is 11.8 Å². The maximum absolute atomic E-state index is 11.8. The van der Waals surface area contributed by atoms with Crippen molar-refractivity contribution in [1.29, 1.82) is 0 Å². The number of halogens is 1. The third-order valence-corrected chi connectivity index (χ3v) is 4.21. The van der Waals surface area contributed by atoms with Gasteiger partial charge in [0.25, 0.3) is 0 Å². The maximum Gasteiger partial charge on any atom is 0.221 e. The van der Waals surface area contributed by atoms with Gasteiger partial charge >= 0.3 is 0 Å². The summed E-state index contributed by atoms with van der Waals surface area (Å²) in [5.41, 5.74) is 1.08. The van der Waals surface area contributed by atoms with E-state index in [0.29, 0.717) is 19.0 Å². The van der Waals surface area contributed by atoms with E-state index in [2.05, 4.69) is 10.6 Å². The Kier molecular flexibility index (Phi) is 7.80. The minimum Gasteiger partial charge on any atom is -0.497 e. The SMILES string of the molecule is COc1ccc(CNC(=O)CC2CSCCN2)cc1.Cl. The van der Waals surface area contributed by atoms with E-state index >= 15 is 0 Å². The van der Waals surface area contributed by atoms with Crippen molar-refractivity contribution in [2.75, 3.05) is 25.2 Å². The summed E-state index contributed by atoms with van der Waals surface area (Å²) in [7, 11) is 1.64. The fourth-order valence-electron chi connectivity index (χ4n) is 1.99. The highest BCUT2D eigenvalue weighted by Crippen LogP contribution is 2.12. The van der Waals surface area contributed by atoms with E-state index in [0.717, 1.165) is 29.4 Å². The second-order valence-electron chi connectivity index (χ2n) is 4.55. The molecule has 4 nitrogen and oxygen atoms in total. The predicted octanol–water partition coefficient (Wildman–Crippen LogP) is 1.83. The average Bonchev–Trinajstić information content (AvgIpc) is 2.47. The number of benzene rings is 1. The van der Waals surface area contributed by atoms with Crippen LogP contribution in [-0.2, 0) is 11.3 Å². The Morgan fingerprint density at radius 2 is 2.20 bits per heavy atom. The Morgan fingerprint density at radius 3 is 2.80 bits per heavy atom. The largest absolute Gasteiger partial charge is 0.497 e. The molecule has 1 atom stereocenters. The van der Waals surface area contributed by atoms with Crippen LogP contribution in [0, 0.1) is 0 Å². The first-order valence-corrected chi connectivity index (χ1v) is 7.64. The number of thioether (sulfide) groups is 1. The van der Waals surface area contributed by atoms with E-state index in [1.54, 1.807) is 7.11 Å². The molecule has 112 valence electrons. The van der Waals surface area contributed by atoms with Crippen LogP contribution in [0.25, 0.3) is 0 Å². The van der Waals surface area contributed by atoms with Gasteiger partial charge in [0, 0.05) is 37.1 Å². The third-order valence-electron chi connectivity index (χ3n) is 3.08. The van der Waals surface area contributed by atoms with Crippen LogP contribution < -0.4 is 15.4 Å². The Labute approximate surface area is 130 Å². The minimum atomic E-state index is 0. The molecule has 1 aromatic rings. The Balaban J connectivity index is 0.00000200. The third kappa shape index (κ3) is 5.61. The summed E-state index contributed by atoms with van der Waals surface area (Å²) < 4.78 is 5.10. The van der Waals surface area contributed by atoms with Gasteiger partial charge in [-0.05, 0) is 17.7 Å². The van der Waals surface area contributed by atoms with Crippen LogP contribution in [0.3, 0.4) is 0 Å². The molecular weight excluding hydrogens is 296 g/mol. The van der Waals surface area contributed by atoms with E-state index in [-0.39, 0.29) is 18.3 Å². The normalized spacial score (nSPS) is 17.9. The monoisotopic (exact) mass is 316 g/mol. The first kappa shape index (κ1) is 17.1. The zero-order chi connectivity index (χ0) is 13.5. The van der Waals surface area contributed by atoms with E-state index in [1.807, 2.05) is 36.0 Å². The molecule has 20 heavy (non-hydrogen) atoms. The van der Waals surface area contributed by atoms with Gasteiger partial charge in [-0.1, -0.05) is 12.1 Å². The van der Waals surface area contributed by atoms with Crippen molar-refractivity contribution >= 4 is 30.1 Å². The van der Waals surface area contributed by atoms with Crippen molar-refractivity contribution < 1.29 is 9.53 Å².